The number of nitrogens with zero attached hydrogens (tertiary/aromatic N) is 7. The summed E-state index contributed by atoms with van der Waals surface area (Å²) in [6.07, 6.45) is 1.39. The van der Waals surface area contributed by atoms with Gasteiger partial charge in [-0.3, -0.25) is 21.0 Å². The third-order valence-electron chi connectivity index (χ3n) is 5.84. The van der Waals surface area contributed by atoms with Crippen LogP contribution in [0.4, 0.5) is 29.2 Å². The molecule has 10 N–H and O–H groups in total. The van der Waals surface area contributed by atoms with Crippen LogP contribution in [0.5, 0.6) is 0 Å². The zero-order valence-corrected chi connectivity index (χ0v) is 19.0. The van der Waals surface area contributed by atoms with Crippen molar-refractivity contribution in [2.45, 2.75) is 37.0 Å². The molecule has 1 aromatic heterocycles. The van der Waals surface area contributed by atoms with Crippen LogP contribution in [-0.4, -0.2) is 70.2 Å². The maximum atomic E-state index is 11.5. The number of rotatable bonds is 6. The third-order valence-corrected chi connectivity index (χ3v) is 5.84. The van der Waals surface area contributed by atoms with E-state index in [1.54, 1.807) is 0 Å². The number of piperidine rings is 2. The Morgan fingerprint density at radius 1 is 0.914 bits per heavy atom. The quantitative estimate of drug-likeness (QED) is 0.209. The Labute approximate surface area is 201 Å². The fourth-order valence-corrected chi connectivity index (χ4v) is 4.36. The molecule has 15 heteroatoms. The molecule has 3 heterocycles. The molecule has 186 valence electrons. The predicted molar refractivity (Wildman–Crippen MR) is 130 cm³/mol. The lowest BCUT2D eigenvalue weighted by Gasteiger charge is -2.37. The molecule has 4 unspecified atom stereocenters. The zero-order chi connectivity index (χ0) is 25.1. The van der Waals surface area contributed by atoms with E-state index in [1.165, 1.54) is 18.2 Å². The van der Waals surface area contributed by atoms with E-state index in [4.69, 9.17) is 28.2 Å². The van der Waals surface area contributed by atoms with Crippen LogP contribution in [0.15, 0.2) is 18.2 Å². The van der Waals surface area contributed by atoms with Crippen LogP contribution in [0.1, 0.15) is 18.4 Å². The van der Waals surface area contributed by atoms with Gasteiger partial charge in [0.25, 0.3) is 5.69 Å². The van der Waals surface area contributed by atoms with E-state index in [9.17, 15) is 10.1 Å². The van der Waals surface area contributed by atoms with E-state index in [0.717, 1.165) is 0 Å². The van der Waals surface area contributed by atoms with Crippen LogP contribution in [0, 0.1) is 21.4 Å². The first-order valence-electron chi connectivity index (χ1n) is 11.2. The third kappa shape index (κ3) is 5.81. The molecule has 0 saturated carbocycles. The number of anilines is 4. The SMILES string of the molecule is N#Cc1ccc(NNc2nc(N3CC(N)CC(N)C3)nc(N3CC(N)CC(N)C3)n2)c([N+](=O)[O-])c1. The summed E-state index contributed by atoms with van der Waals surface area (Å²) >= 11 is 0. The number of nitro groups is 1. The highest BCUT2D eigenvalue weighted by Crippen LogP contribution is 2.26. The smallest absolute Gasteiger partial charge is 0.295 e. The van der Waals surface area contributed by atoms with Crippen LogP contribution in [0.2, 0.25) is 0 Å². The van der Waals surface area contributed by atoms with Crippen molar-refractivity contribution in [1.29, 1.82) is 5.26 Å². The zero-order valence-electron chi connectivity index (χ0n) is 19.0. The molecule has 2 saturated heterocycles. The van der Waals surface area contributed by atoms with Gasteiger partial charge >= 0.3 is 0 Å². The van der Waals surface area contributed by atoms with E-state index < -0.39 is 4.92 Å². The molecular formula is C20H29N13O2. The van der Waals surface area contributed by atoms with Gasteiger partial charge in [0.2, 0.25) is 17.8 Å². The second-order valence-corrected chi connectivity index (χ2v) is 8.93. The number of hydrogen-bond donors (Lipinski definition) is 6. The van der Waals surface area contributed by atoms with Gasteiger partial charge in [-0.2, -0.15) is 20.2 Å². The van der Waals surface area contributed by atoms with Crippen LogP contribution < -0.4 is 43.6 Å². The number of nitrogens with one attached hydrogen (secondary N) is 2. The van der Waals surface area contributed by atoms with Crippen molar-refractivity contribution in [1.82, 2.24) is 15.0 Å². The Bertz CT molecular complexity index is 1060. The minimum atomic E-state index is -0.581. The molecule has 0 spiro atoms. The number of hydrazine groups is 1. The Kier molecular flexibility index (Phi) is 7.07. The maximum absolute atomic E-state index is 11.5. The largest absolute Gasteiger partial charge is 0.338 e. The molecule has 1 aromatic carbocycles. The van der Waals surface area contributed by atoms with Crippen LogP contribution in [-0.2, 0) is 0 Å². The van der Waals surface area contributed by atoms with Crippen LogP contribution >= 0.6 is 0 Å². The lowest BCUT2D eigenvalue weighted by molar-refractivity contribution is -0.384. The minimum Gasteiger partial charge on any atom is -0.338 e. The Morgan fingerprint density at radius 2 is 1.43 bits per heavy atom. The van der Waals surface area contributed by atoms with Crippen molar-refractivity contribution in [3.05, 3.63) is 33.9 Å². The van der Waals surface area contributed by atoms with Crippen molar-refractivity contribution in [2.24, 2.45) is 22.9 Å². The van der Waals surface area contributed by atoms with Crippen molar-refractivity contribution in [3.63, 3.8) is 0 Å². The summed E-state index contributed by atoms with van der Waals surface area (Å²) in [7, 11) is 0. The second-order valence-electron chi connectivity index (χ2n) is 8.93. The molecule has 0 radical (unpaired) electrons. The number of nitro benzene ring substituents is 1. The van der Waals surface area contributed by atoms with E-state index in [1.807, 2.05) is 15.9 Å². The number of nitrogens with two attached hydrogens (primary N) is 4. The molecule has 2 aliphatic rings. The monoisotopic (exact) mass is 483 g/mol. The van der Waals surface area contributed by atoms with Gasteiger partial charge in [-0.15, -0.1) is 0 Å². The average molecular weight is 484 g/mol. The second kappa shape index (κ2) is 10.2. The molecule has 4 rings (SSSR count). The van der Waals surface area contributed by atoms with Gasteiger partial charge in [0, 0.05) is 56.4 Å². The van der Waals surface area contributed by atoms with E-state index in [-0.39, 0.29) is 47.1 Å². The van der Waals surface area contributed by atoms with Gasteiger partial charge < -0.3 is 32.7 Å². The Balaban J connectivity index is 1.64. The number of nitriles is 1. The first-order chi connectivity index (χ1) is 16.7. The molecule has 0 bridgehead atoms. The highest BCUT2D eigenvalue weighted by Gasteiger charge is 2.29. The summed E-state index contributed by atoms with van der Waals surface area (Å²) in [5.41, 5.74) is 30.3. The van der Waals surface area contributed by atoms with E-state index >= 15 is 0 Å². The summed E-state index contributed by atoms with van der Waals surface area (Å²) < 4.78 is 0. The number of benzene rings is 1. The Morgan fingerprint density at radius 3 is 1.89 bits per heavy atom. The first-order valence-corrected chi connectivity index (χ1v) is 11.2. The van der Waals surface area contributed by atoms with Crippen LogP contribution in [0.3, 0.4) is 0 Å². The molecule has 35 heavy (non-hydrogen) atoms. The normalized spacial score (nSPS) is 24.5. The maximum Gasteiger partial charge on any atom is 0.295 e. The first kappa shape index (κ1) is 24.3. The van der Waals surface area contributed by atoms with E-state index in [0.29, 0.717) is 50.9 Å². The average Bonchev–Trinajstić information content (AvgIpc) is 2.81. The molecule has 2 fully saturated rings. The highest BCUT2D eigenvalue weighted by molar-refractivity contribution is 5.65. The predicted octanol–water partition coefficient (Wildman–Crippen LogP) is -1.18. The van der Waals surface area contributed by atoms with Crippen molar-refractivity contribution in [2.75, 3.05) is 46.8 Å². The molecule has 2 aliphatic heterocycles. The molecule has 4 atom stereocenters. The molecular weight excluding hydrogens is 454 g/mol. The summed E-state index contributed by atoms with van der Waals surface area (Å²) in [5.74, 6) is 0.864. The number of hydrogen-bond acceptors (Lipinski definition) is 14. The Hall–Kier alpha value is -3.84. The van der Waals surface area contributed by atoms with Crippen molar-refractivity contribution in [3.8, 4) is 6.07 Å². The van der Waals surface area contributed by atoms with Crippen molar-refractivity contribution < 1.29 is 4.92 Å². The van der Waals surface area contributed by atoms with Gasteiger partial charge in [-0.25, -0.2) is 0 Å². The summed E-state index contributed by atoms with van der Waals surface area (Å²) in [4.78, 5) is 28.3. The molecule has 0 amide bonds. The fourth-order valence-electron chi connectivity index (χ4n) is 4.36. The highest BCUT2D eigenvalue weighted by atomic mass is 16.6. The topological polar surface area (TPSA) is 240 Å². The minimum absolute atomic E-state index is 0.129. The van der Waals surface area contributed by atoms with Crippen molar-refractivity contribution >= 4 is 29.2 Å². The summed E-state index contributed by atoms with van der Waals surface area (Å²) in [6, 6.07) is 5.43. The lowest BCUT2D eigenvalue weighted by Crippen LogP contribution is -2.54. The summed E-state index contributed by atoms with van der Waals surface area (Å²) in [6.45, 7) is 2.07. The van der Waals surface area contributed by atoms with Gasteiger partial charge in [-0.1, -0.05) is 0 Å². The van der Waals surface area contributed by atoms with Gasteiger partial charge in [0.05, 0.1) is 16.6 Å². The molecule has 0 aliphatic carbocycles. The number of aromatic nitrogens is 3. The van der Waals surface area contributed by atoms with Gasteiger partial charge in [0.15, 0.2) is 0 Å². The fraction of sp³-hybridized carbons (Fsp3) is 0.500. The summed E-state index contributed by atoms with van der Waals surface area (Å²) in [5, 5.41) is 20.5. The standard InChI is InChI=1S/C20H29N13O2/c21-6-11-1-2-16(17(3-11)33(34)35)29-30-18-26-19(31-7-12(22)4-13(23)8-31)28-20(27-18)32-9-14(24)5-15(25)10-32/h1-3,12-15,29H,4-5,7-10,22-25H2,(H,26,27,28,30). The molecule has 15 nitrogen and oxygen atoms in total. The van der Waals surface area contributed by atoms with Gasteiger partial charge in [-0.05, 0) is 25.0 Å². The lowest BCUT2D eigenvalue weighted by atomic mass is 10.0. The van der Waals surface area contributed by atoms with Crippen LogP contribution in [0.25, 0.3) is 0 Å². The molecule has 2 aromatic rings. The van der Waals surface area contributed by atoms with E-state index in [2.05, 4.69) is 25.8 Å². The van der Waals surface area contributed by atoms with Gasteiger partial charge in [0.1, 0.15) is 5.69 Å².